The first kappa shape index (κ1) is 26.7. The molecule has 2 aromatic rings. The van der Waals surface area contributed by atoms with Gasteiger partial charge in [0.15, 0.2) is 11.6 Å². The number of hydrogen-bond acceptors (Lipinski definition) is 5. The molecule has 2 heterocycles. The van der Waals surface area contributed by atoms with Crippen molar-refractivity contribution in [3.8, 4) is 0 Å². The van der Waals surface area contributed by atoms with Gasteiger partial charge in [-0.15, -0.1) is 0 Å². The average molecular weight is 535 g/mol. The summed E-state index contributed by atoms with van der Waals surface area (Å²) in [4.78, 5) is 40.6. The molecule has 0 unspecified atom stereocenters. The van der Waals surface area contributed by atoms with Crippen molar-refractivity contribution in [1.29, 1.82) is 0 Å². The molecule has 2 aromatic carbocycles. The molecule has 37 heavy (non-hydrogen) atoms. The number of benzene rings is 2. The van der Waals surface area contributed by atoms with Crippen molar-refractivity contribution in [1.82, 2.24) is 19.4 Å². The third kappa shape index (κ3) is 5.08. The Morgan fingerprint density at radius 2 is 1.65 bits per heavy atom. The van der Waals surface area contributed by atoms with Crippen molar-refractivity contribution in [2.24, 2.45) is 0 Å². The standard InChI is InChI=1S/C25H28F2N4O5S/c1-3-4-17-5-7-18(8-6-17)25(2)23(33)31(24(34)28-25)16-22(32)29-11-13-30(14-12-29)37(35,36)19-9-10-20(26)21(27)15-19/h5-10,15H,3-4,11-14,16H2,1-2H3,(H,28,34)/t25-/m1/s1. The van der Waals surface area contributed by atoms with E-state index in [9.17, 15) is 31.6 Å². The third-order valence-electron chi connectivity index (χ3n) is 6.76. The van der Waals surface area contributed by atoms with Crippen LogP contribution in [-0.4, -0.2) is 73.1 Å². The fourth-order valence-corrected chi connectivity index (χ4v) is 5.96. The lowest BCUT2D eigenvalue weighted by Gasteiger charge is -2.34. The molecule has 0 bridgehead atoms. The molecule has 0 aliphatic carbocycles. The molecular formula is C25H28F2N4O5S. The predicted octanol–water partition coefficient (Wildman–Crippen LogP) is 2.22. The Hall–Kier alpha value is -3.38. The minimum Gasteiger partial charge on any atom is -0.338 e. The Bertz CT molecular complexity index is 1330. The fraction of sp³-hybridized carbons (Fsp3) is 0.400. The topological polar surface area (TPSA) is 107 Å². The summed E-state index contributed by atoms with van der Waals surface area (Å²) >= 11 is 0. The van der Waals surface area contributed by atoms with E-state index in [0.717, 1.165) is 39.7 Å². The molecule has 12 heteroatoms. The summed E-state index contributed by atoms with van der Waals surface area (Å²) < 4.78 is 53.4. The quantitative estimate of drug-likeness (QED) is 0.549. The summed E-state index contributed by atoms with van der Waals surface area (Å²) in [5.41, 5.74) is 0.417. The van der Waals surface area contributed by atoms with Gasteiger partial charge in [0.1, 0.15) is 12.1 Å². The van der Waals surface area contributed by atoms with Gasteiger partial charge in [-0.05, 0) is 42.7 Å². The molecule has 2 fully saturated rings. The first-order chi connectivity index (χ1) is 17.5. The molecular weight excluding hydrogens is 506 g/mol. The molecule has 198 valence electrons. The van der Waals surface area contributed by atoms with Gasteiger partial charge >= 0.3 is 6.03 Å². The Morgan fingerprint density at radius 1 is 1.00 bits per heavy atom. The summed E-state index contributed by atoms with van der Waals surface area (Å²) in [6.45, 7) is 3.06. The van der Waals surface area contributed by atoms with Crippen molar-refractivity contribution >= 4 is 27.9 Å². The van der Waals surface area contributed by atoms with Gasteiger partial charge in [0.05, 0.1) is 4.90 Å². The number of amides is 4. The number of halogens is 2. The third-order valence-corrected chi connectivity index (χ3v) is 8.65. The van der Waals surface area contributed by atoms with E-state index in [1.807, 2.05) is 12.1 Å². The SMILES string of the molecule is CCCc1ccc([C@@]2(C)NC(=O)N(CC(=O)N3CCN(S(=O)(=O)c4ccc(F)c(F)c4)CC3)C2=O)cc1. The van der Waals surface area contributed by atoms with Crippen LogP contribution in [-0.2, 0) is 31.6 Å². The van der Waals surface area contributed by atoms with Crippen molar-refractivity contribution in [2.45, 2.75) is 37.1 Å². The van der Waals surface area contributed by atoms with Crippen LogP contribution in [0.5, 0.6) is 0 Å². The van der Waals surface area contributed by atoms with E-state index in [1.165, 1.54) is 4.90 Å². The molecule has 1 atom stereocenters. The average Bonchev–Trinajstić information content (AvgIpc) is 3.10. The van der Waals surface area contributed by atoms with Crippen molar-refractivity contribution in [3.05, 3.63) is 65.2 Å². The molecule has 2 aliphatic rings. The highest BCUT2D eigenvalue weighted by molar-refractivity contribution is 7.89. The van der Waals surface area contributed by atoms with Crippen LogP contribution in [0.3, 0.4) is 0 Å². The number of nitrogens with zero attached hydrogens (tertiary/aromatic N) is 3. The smallest absolute Gasteiger partial charge is 0.325 e. The van der Waals surface area contributed by atoms with Gasteiger partial charge in [0.2, 0.25) is 15.9 Å². The van der Waals surface area contributed by atoms with Gasteiger partial charge in [-0.1, -0.05) is 37.6 Å². The van der Waals surface area contributed by atoms with Crippen LogP contribution in [0.2, 0.25) is 0 Å². The second kappa shape index (κ2) is 10.2. The minimum atomic E-state index is -4.08. The summed E-state index contributed by atoms with van der Waals surface area (Å²) in [7, 11) is -4.08. The van der Waals surface area contributed by atoms with Gasteiger partial charge in [0, 0.05) is 26.2 Å². The van der Waals surface area contributed by atoms with E-state index in [2.05, 4.69) is 12.2 Å². The summed E-state index contributed by atoms with van der Waals surface area (Å²) in [5, 5.41) is 2.68. The first-order valence-corrected chi connectivity index (χ1v) is 13.4. The minimum absolute atomic E-state index is 0.0154. The lowest BCUT2D eigenvalue weighted by atomic mass is 9.91. The number of aryl methyl sites for hydroxylation is 1. The van der Waals surface area contributed by atoms with Crippen LogP contribution >= 0.6 is 0 Å². The number of carbonyl (C=O) groups excluding carboxylic acids is 3. The maximum Gasteiger partial charge on any atom is 0.325 e. The zero-order valence-corrected chi connectivity index (χ0v) is 21.4. The molecule has 0 saturated carbocycles. The van der Waals surface area contributed by atoms with Crippen LogP contribution in [0.4, 0.5) is 13.6 Å². The van der Waals surface area contributed by atoms with Crippen LogP contribution in [0.15, 0.2) is 47.4 Å². The normalized spacial score (nSPS) is 20.9. The number of sulfonamides is 1. The summed E-state index contributed by atoms with van der Waals surface area (Å²) in [5.74, 6) is -3.48. The zero-order chi connectivity index (χ0) is 27.0. The number of hydrogen-bond donors (Lipinski definition) is 1. The van der Waals surface area contributed by atoms with Crippen LogP contribution < -0.4 is 5.32 Å². The Kier molecular flexibility index (Phi) is 7.33. The highest BCUT2D eigenvalue weighted by atomic mass is 32.2. The number of urea groups is 1. The molecule has 2 aliphatic heterocycles. The Balaban J connectivity index is 1.39. The van der Waals surface area contributed by atoms with Crippen molar-refractivity contribution < 1.29 is 31.6 Å². The second-order valence-electron chi connectivity index (χ2n) is 9.25. The fourth-order valence-electron chi connectivity index (χ4n) is 4.53. The molecule has 0 aromatic heterocycles. The first-order valence-electron chi connectivity index (χ1n) is 11.9. The highest BCUT2D eigenvalue weighted by Gasteiger charge is 2.49. The number of rotatable bonds is 7. The summed E-state index contributed by atoms with van der Waals surface area (Å²) in [6.07, 6.45) is 1.88. The Morgan fingerprint density at radius 3 is 2.24 bits per heavy atom. The van der Waals surface area contributed by atoms with E-state index in [4.69, 9.17) is 0 Å². The van der Waals surface area contributed by atoms with E-state index < -0.39 is 51.6 Å². The highest BCUT2D eigenvalue weighted by Crippen LogP contribution is 2.29. The zero-order valence-electron chi connectivity index (χ0n) is 20.5. The van der Waals surface area contributed by atoms with Gasteiger partial charge < -0.3 is 10.2 Å². The number of nitrogens with one attached hydrogen (secondary N) is 1. The van der Waals surface area contributed by atoms with Gasteiger partial charge in [0.25, 0.3) is 5.91 Å². The van der Waals surface area contributed by atoms with Gasteiger partial charge in [-0.3, -0.25) is 14.5 Å². The second-order valence-corrected chi connectivity index (χ2v) is 11.2. The van der Waals surface area contributed by atoms with E-state index in [1.54, 1.807) is 19.1 Å². The molecule has 1 N–H and O–H groups in total. The molecule has 4 rings (SSSR count). The Labute approximate surface area is 214 Å². The molecule has 4 amide bonds. The maximum atomic E-state index is 13.5. The number of carbonyl (C=O) groups is 3. The van der Waals surface area contributed by atoms with Gasteiger partial charge in [-0.25, -0.2) is 22.0 Å². The largest absolute Gasteiger partial charge is 0.338 e. The van der Waals surface area contributed by atoms with E-state index in [0.29, 0.717) is 11.6 Å². The van der Waals surface area contributed by atoms with Crippen LogP contribution in [0.25, 0.3) is 0 Å². The summed E-state index contributed by atoms with van der Waals surface area (Å²) in [6, 6.07) is 9.07. The predicted molar refractivity (Wildman–Crippen MR) is 130 cm³/mol. The molecule has 2 saturated heterocycles. The van der Waals surface area contributed by atoms with E-state index >= 15 is 0 Å². The monoisotopic (exact) mass is 534 g/mol. The van der Waals surface area contributed by atoms with Crippen molar-refractivity contribution in [2.75, 3.05) is 32.7 Å². The number of imide groups is 1. The molecule has 0 spiro atoms. The van der Waals surface area contributed by atoms with Crippen LogP contribution in [0.1, 0.15) is 31.4 Å². The lowest BCUT2D eigenvalue weighted by Crippen LogP contribution is -2.53. The van der Waals surface area contributed by atoms with Crippen LogP contribution in [0, 0.1) is 11.6 Å². The van der Waals surface area contributed by atoms with Gasteiger partial charge in [-0.2, -0.15) is 4.31 Å². The lowest BCUT2D eigenvalue weighted by molar-refractivity contribution is -0.139. The van der Waals surface area contributed by atoms with E-state index in [-0.39, 0.29) is 31.1 Å². The molecule has 0 radical (unpaired) electrons. The maximum absolute atomic E-state index is 13.5. The molecule has 9 nitrogen and oxygen atoms in total. The number of piperazine rings is 1. The van der Waals surface area contributed by atoms with Crippen molar-refractivity contribution in [3.63, 3.8) is 0 Å².